The van der Waals surface area contributed by atoms with E-state index in [1.807, 2.05) is 24.3 Å². The fraction of sp³-hybridized carbons (Fsp3) is 0.125. The van der Waals surface area contributed by atoms with Crippen molar-refractivity contribution < 1.29 is 14.3 Å². The lowest BCUT2D eigenvalue weighted by atomic mass is 9.97. The van der Waals surface area contributed by atoms with Gasteiger partial charge in [-0.3, -0.25) is 14.9 Å². The van der Waals surface area contributed by atoms with Crippen LogP contribution in [0.25, 0.3) is 16.8 Å². The van der Waals surface area contributed by atoms with Crippen molar-refractivity contribution in [3.63, 3.8) is 0 Å². The van der Waals surface area contributed by atoms with E-state index >= 15 is 0 Å². The normalized spacial score (nSPS) is 17.0. The quantitative estimate of drug-likeness (QED) is 0.403. The van der Waals surface area contributed by atoms with Gasteiger partial charge in [0.05, 0.1) is 12.8 Å². The molecule has 0 aromatic heterocycles. The van der Waals surface area contributed by atoms with Gasteiger partial charge in [-0.1, -0.05) is 42.5 Å². The number of hydrogen-bond acceptors (Lipinski definition) is 4. The van der Waals surface area contributed by atoms with E-state index in [0.717, 1.165) is 23.8 Å². The molecule has 1 saturated heterocycles. The van der Waals surface area contributed by atoms with Crippen molar-refractivity contribution in [3.8, 4) is 5.75 Å². The number of carbonyl (C=O) groups is 2. The fourth-order valence-corrected chi connectivity index (χ4v) is 4.52. The van der Waals surface area contributed by atoms with Crippen LogP contribution in [0.1, 0.15) is 16.7 Å². The Morgan fingerprint density at radius 2 is 1.77 bits per heavy atom. The van der Waals surface area contributed by atoms with Gasteiger partial charge < -0.3 is 4.74 Å². The first-order valence-corrected chi connectivity index (χ1v) is 10.1. The zero-order valence-electron chi connectivity index (χ0n) is 16.3. The molecule has 0 bridgehead atoms. The van der Waals surface area contributed by atoms with Gasteiger partial charge in [-0.25, -0.2) is 4.90 Å². The standard InChI is InChI=1S/C24H18N2O3S/c1-29-20-8-3-2-7-19(20)26-23(28)18(22(27)25-24(26)30)13-16-12-11-15-10-9-14-5-4-6-17(16)21(14)15/h2-8,11-13H,9-10H2,1H3,(H,25,27,30). The third-order valence-corrected chi connectivity index (χ3v) is 5.92. The number of nitrogens with one attached hydrogen (secondary N) is 1. The number of nitrogens with zero attached hydrogens (tertiary/aromatic N) is 1. The minimum absolute atomic E-state index is 0.0343. The first-order chi connectivity index (χ1) is 14.6. The molecule has 0 atom stereocenters. The highest BCUT2D eigenvalue weighted by Crippen LogP contribution is 2.35. The average molecular weight is 414 g/mol. The second-order valence-electron chi connectivity index (χ2n) is 7.28. The van der Waals surface area contributed by atoms with Crippen LogP contribution in [-0.2, 0) is 22.4 Å². The molecule has 0 radical (unpaired) electrons. The van der Waals surface area contributed by atoms with Crippen LogP contribution < -0.4 is 15.0 Å². The Bertz CT molecular complexity index is 1270. The number of amides is 2. The van der Waals surface area contributed by atoms with Gasteiger partial charge in [-0.15, -0.1) is 0 Å². The van der Waals surface area contributed by atoms with E-state index in [2.05, 4.69) is 17.4 Å². The predicted octanol–water partition coefficient (Wildman–Crippen LogP) is 3.78. The van der Waals surface area contributed by atoms with Crippen LogP contribution in [0.4, 0.5) is 5.69 Å². The highest BCUT2D eigenvalue weighted by molar-refractivity contribution is 7.80. The van der Waals surface area contributed by atoms with Gasteiger partial charge in [0.15, 0.2) is 5.11 Å². The van der Waals surface area contributed by atoms with E-state index < -0.39 is 11.8 Å². The monoisotopic (exact) mass is 414 g/mol. The molecule has 1 heterocycles. The van der Waals surface area contributed by atoms with Crippen LogP contribution in [0.15, 0.2) is 60.2 Å². The van der Waals surface area contributed by atoms with Crippen LogP contribution in [0.3, 0.4) is 0 Å². The summed E-state index contributed by atoms with van der Waals surface area (Å²) in [6.07, 6.45) is 3.69. The van der Waals surface area contributed by atoms with E-state index in [-0.39, 0.29) is 10.7 Å². The van der Waals surface area contributed by atoms with Crippen LogP contribution in [0.2, 0.25) is 0 Å². The van der Waals surface area contributed by atoms with Gasteiger partial charge in [0, 0.05) is 0 Å². The number of benzene rings is 3. The second kappa shape index (κ2) is 7.07. The topological polar surface area (TPSA) is 58.6 Å². The minimum atomic E-state index is -0.501. The molecule has 0 saturated carbocycles. The lowest BCUT2D eigenvalue weighted by Gasteiger charge is -2.29. The molecule has 0 spiro atoms. The fourth-order valence-electron chi connectivity index (χ4n) is 4.24. The number of rotatable bonds is 3. The Morgan fingerprint density at radius 1 is 1.00 bits per heavy atom. The SMILES string of the molecule is COc1ccccc1N1C(=O)C(=Cc2ccc3c4c(cccc24)CC3)C(=O)NC1=S. The summed E-state index contributed by atoms with van der Waals surface area (Å²) in [6.45, 7) is 0. The average Bonchev–Trinajstić information content (AvgIpc) is 3.17. The van der Waals surface area contributed by atoms with Crippen molar-refractivity contribution in [1.82, 2.24) is 5.32 Å². The van der Waals surface area contributed by atoms with Gasteiger partial charge in [-0.05, 0) is 70.7 Å². The van der Waals surface area contributed by atoms with Gasteiger partial charge in [0.2, 0.25) is 0 Å². The molecule has 2 amide bonds. The first-order valence-electron chi connectivity index (χ1n) is 9.66. The summed E-state index contributed by atoms with van der Waals surface area (Å²) < 4.78 is 5.38. The molecule has 148 valence electrons. The molecule has 1 N–H and O–H groups in total. The van der Waals surface area contributed by atoms with Crippen molar-refractivity contribution in [2.75, 3.05) is 12.0 Å². The molecule has 6 heteroatoms. The minimum Gasteiger partial charge on any atom is -0.495 e. The summed E-state index contributed by atoms with van der Waals surface area (Å²) in [6, 6.07) is 17.3. The highest BCUT2D eigenvalue weighted by atomic mass is 32.1. The molecule has 0 unspecified atom stereocenters. The smallest absolute Gasteiger partial charge is 0.270 e. The molecule has 3 aromatic rings. The first kappa shape index (κ1) is 18.5. The zero-order valence-corrected chi connectivity index (χ0v) is 17.1. The van der Waals surface area contributed by atoms with Gasteiger partial charge >= 0.3 is 0 Å². The van der Waals surface area contributed by atoms with Gasteiger partial charge in [0.1, 0.15) is 11.3 Å². The number of thiocarbonyl (C=S) groups is 1. The van der Waals surface area contributed by atoms with E-state index in [0.29, 0.717) is 11.4 Å². The van der Waals surface area contributed by atoms with Crippen molar-refractivity contribution in [2.45, 2.75) is 12.8 Å². The molecule has 5 rings (SSSR count). The van der Waals surface area contributed by atoms with Crippen molar-refractivity contribution >= 4 is 51.7 Å². The third-order valence-electron chi connectivity index (χ3n) is 5.64. The second-order valence-corrected chi connectivity index (χ2v) is 7.67. The summed E-state index contributed by atoms with van der Waals surface area (Å²) in [5.41, 5.74) is 3.97. The van der Waals surface area contributed by atoms with Gasteiger partial charge in [-0.2, -0.15) is 0 Å². The van der Waals surface area contributed by atoms with Crippen LogP contribution in [0.5, 0.6) is 5.75 Å². The van der Waals surface area contributed by atoms with E-state index in [4.69, 9.17) is 17.0 Å². The Kier molecular flexibility index (Phi) is 4.37. The molecular weight excluding hydrogens is 396 g/mol. The van der Waals surface area contributed by atoms with Crippen LogP contribution in [-0.4, -0.2) is 24.0 Å². The van der Waals surface area contributed by atoms with E-state index in [9.17, 15) is 9.59 Å². The molecule has 1 aliphatic carbocycles. The summed E-state index contributed by atoms with van der Waals surface area (Å²) >= 11 is 5.30. The largest absolute Gasteiger partial charge is 0.495 e. The van der Waals surface area contributed by atoms with Gasteiger partial charge in [0.25, 0.3) is 11.8 Å². The molecule has 3 aromatic carbocycles. The summed E-state index contributed by atoms with van der Waals surface area (Å²) in [7, 11) is 1.53. The van der Waals surface area contributed by atoms with Crippen molar-refractivity contribution in [2.24, 2.45) is 0 Å². The predicted molar refractivity (Wildman–Crippen MR) is 121 cm³/mol. The van der Waals surface area contributed by atoms with E-state index in [1.165, 1.54) is 28.5 Å². The van der Waals surface area contributed by atoms with Crippen LogP contribution in [0, 0.1) is 0 Å². The highest BCUT2D eigenvalue weighted by Gasteiger charge is 2.36. The van der Waals surface area contributed by atoms with Crippen molar-refractivity contribution in [1.29, 1.82) is 0 Å². The lowest BCUT2D eigenvalue weighted by Crippen LogP contribution is -2.54. The summed E-state index contributed by atoms with van der Waals surface area (Å²) in [5, 5.41) is 4.95. The number of para-hydroxylation sites is 2. The molecule has 1 aliphatic heterocycles. The van der Waals surface area contributed by atoms with Crippen LogP contribution >= 0.6 is 12.2 Å². The lowest BCUT2D eigenvalue weighted by molar-refractivity contribution is -0.122. The molecule has 2 aliphatic rings. The Hall–Kier alpha value is -3.51. The maximum atomic E-state index is 13.4. The number of aryl methyl sites for hydroxylation is 2. The Morgan fingerprint density at radius 3 is 2.57 bits per heavy atom. The summed E-state index contributed by atoms with van der Waals surface area (Å²) in [4.78, 5) is 27.3. The molecule has 5 nitrogen and oxygen atoms in total. The van der Waals surface area contributed by atoms with Crippen molar-refractivity contribution in [3.05, 3.63) is 76.9 Å². The number of ether oxygens (including phenoxy) is 1. The number of anilines is 1. The molecule has 1 fully saturated rings. The maximum absolute atomic E-state index is 13.4. The molecular formula is C24H18N2O3S. The number of hydrogen-bond donors (Lipinski definition) is 1. The third kappa shape index (κ3) is 2.80. The Labute approximate surface area is 178 Å². The van der Waals surface area contributed by atoms with E-state index in [1.54, 1.807) is 24.3 Å². The zero-order chi connectivity index (χ0) is 20.8. The number of methoxy groups -OCH3 is 1. The maximum Gasteiger partial charge on any atom is 0.270 e. The molecule has 30 heavy (non-hydrogen) atoms. The number of carbonyl (C=O) groups excluding carboxylic acids is 2. The summed E-state index contributed by atoms with van der Waals surface area (Å²) in [5.74, 6) is -0.482. The Balaban J connectivity index is 1.64.